The van der Waals surface area contributed by atoms with Gasteiger partial charge >= 0.3 is 17.9 Å². The van der Waals surface area contributed by atoms with Gasteiger partial charge in [-0.15, -0.1) is 0 Å². The van der Waals surface area contributed by atoms with Gasteiger partial charge in [-0.1, -0.05) is 187 Å². The van der Waals surface area contributed by atoms with Crippen LogP contribution in [0, 0.1) is 0 Å². The van der Waals surface area contributed by atoms with Crippen molar-refractivity contribution in [1.29, 1.82) is 0 Å². The van der Waals surface area contributed by atoms with E-state index in [4.69, 9.17) is 14.2 Å². The summed E-state index contributed by atoms with van der Waals surface area (Å²) in [5, 5.41) is 0. The zero-order valence-corrected chi connectivity index (χ0v) is 39.3. The SMILES string of the molecule is CC/C=C\C/C=C\C/C=C\C/C=C\C/C=C\CCCC(=O)OCC(COC(=O)CC/C=C\C/C=C\C/C=C\C/C=C\CC)OC(=O)CCCCCCC/C=C\C/C=C\CCCC. The Kier molecular flexibility index (Phi) is 45.7. The highest BCUT2D eigenvalue weighted by molar-refractivity contribution is 5.71. The molecule has 0 saturated carbocycles. The summed E-state index contributed by atoms with van der Waals surface area (Å²) < 4.78 is 16.6. The van der Waals surface area contributed by atoms with Crippen molar-refractivity contribution in [1.82, 2.24) is 0 Å². The average Bonchev–Trinajstić information content (AvgIpc) is 3.27. The van der Waals surface area contributed by atoms with Gasteiger partial charge < -0.3 is 14.2 Å². The number of esters is 3. The van der Waals surface area contributed by atoms with E-state index in [-0.39, 0.29) is 50.4 Å². The van der Waals surface area contributed by atoms with Crippen LogP contribution in [0.25, 0.3) is 0 Å². The van der Waals surface area contributed by atoms with Crippen molar-refractivity contribution in [3.8, 4) is 0 Å². The van der Waals surface area contributed by atoms with Crippen LogP contribution in [0.5, 0.6) is 0 Å². The highest BCUT2D eigenvalue weighted by Crippen LogP contribution is 2.11. The predicted octanol–water partition coefficient (Wildman–Crippen LogP) is 15.9. The molecule has 0 rings (SSSR count). The molecule has 0 amide bonds. The van der Waals surface area contributed by atoms with Gasteiger partial charge in [0.2, 0.25) is 0 Å². The first kappa shape index (κ1) is 57.5. The van der Waals surface area contributed by atoms with E-state index in [0.717, 1.165) is 109 Å². The summed E-state index contributed by atoms with van der Waals surface area (Å²) in [6.07, 6.45) is 68.8. The fourth-order valence-corrected chi connectivity index (χ4v) is 5.80. The summed E-state index contributed by atoms with van der Waals surface area (Å²) in [6.45, 7) is 6.20. The smallest absolute Gasteiger partial charge is 0.306 e. The van der Waals surface area contributed by atoms with Crippen molar-refractivity contribution < 1.29 is 28.6 Å². The first-order chi connectivity index (χ1) is 30.5. The largest absolute Gasteiger partial charge is 0.462 e. The molecule has 0 heterocycles. The highest BCUT2D eigenvalue weighted by Gasteiger charge is 2.19. The lowest BCUT2D eigenvalue weighted by molar-refractivity contribution is -0.166. The van der Waals surface area contributed by atoms with E-state index in [1.807, 2.05) is 12.2 Å². The Hall–Kier alpha value is -4.45. The Morgan fingerprint density at radius 1 is 0.339 bits per heavy atom. The third kappa shape index (κ3) is 46.6. The van der Waals surface area contributed by atoms with E-state index in [2.05, 4.69) is 142 Å². The van der Waals surface area contributed by atoms with Crippen LogP contribution in [0.1, 0.15) is 181 Å². The third-order valence-electron chi connectivity index (χ3n) is 9.38. The van der Waals surface area contributed by atoms with Crippen LogP contribution in [-0.2, 0) is 28.6 Å². The molecule has 0 aromatic rings. The van der Waals surface area contributed by atoms with Gasteiger partial charge in [-0.3, -0.25) is 14.4 Å². The maximum absolute atomic E-state index is 12.8. The van der Waals surface area contributed by atoms with Crippen LogP contribution in [-0.4, -0.2) is 37.2 Å². The molecule has 6 heteroatoms. The second-order valence-corrected chi connectivity index (χ2v) is 15.2. The fraction of sp³-hybridized carbons (Fsp3) is 0.554. The highest BCUT2D eigenvalue weighted by atomic mass is 16.6. The molecule has 1 unspecified atom stereocenters. The van der Waals surface area contributed by atoms with Crippen molar-refractivity contribution in [2.45, 2.75) is 187 Å². The second kappa shape index (κ2) is 49.2. The number of carbonyl (C=O) groups is 3. The van der Waals surface area contributed by atoms with Crippen LogP contribution >= 0.6 is 0 Å². The van der Waals surface area contributed by atoms with Crippen molar-refractivity contribution in [3.05, 3.63) is 134 Å². The minimum absolute atomic E-state index is 0.140. The molecule has 0 N–H and O–H groups in total. The maximum atomic E-state index is 12.8. The van der Waals surface area contributed by atoms with Gasteiger partial charge in [0, 0.05) is 19.3 Å². The van der Waals surface area contributed by atoms with Gasteiger partial charge in [0.25, 0.3) is 0 Å². The maximum Gasteiger partial charge on any atom is 0.306 e. The molecule has 62 heavy (non-hydrogen) atoms. The molecule has 1 atom stereocenters. The van der Waals surface area contributed by atoms with Crippen LogP contribution < -0.4 is 0 Å². The number of unbranched alkanes of at least 4 members (excludes halogenated alkanes) is 8. The second-order valence-electron chi connectivity index (χ2n) is 15.2. The molecular weight excluding hydrogens is 769 g/mol. The van der Waals surface area contributed by atoms with Crippen molar-refractivity contribution in [2.24, 2.45) is 0 Å². The van der Waals surface area contributed by atoms with Crippen LogP contribution in [0.3, 0.4) is 0 Å². The van der Waals surface area contributed by atoms with E-state index in [1.54, 1.807) is 0 Å². The molecule has 0 aliphatic rings. The van der Waals surface area contributed by atoms with Crippen LogP contribution in [0.2, 0.25) is 0 Å². The lowest BCUT2D eigenvalue weighted by Crippen LogP contribution is -2.30. The number of carbonyl (C=O) groups excluding carboxylic acids is 3. The molecule has 0 fully saturated rings. The summed E-state index contributed by atoms with van der Waals surface area (Å²) in [5.74, 6) is -1.10. The summed E-state index contributed by atoms with van der Waals surface area (Å²) in [4.78, 5) is 37.8. The lowest BCUT2D eigenvalue weighted by Gasteiger charge is -2.18. The fourth-order valence-electron chi connectivity index (χ4n) is 5.80. The summed E-state index contributed by atoms with van der Waals surface area (Å²) >= 11 is 0. The van der Waals surface area contributed by atoms with E-state index in [9.17, 15) is 14.4 Å². The van der Waals surface area contributed by atoms with Crippen LogP contribution in [0.4, 0.5) is 0 Å². The van der Waals surface area contributed by atoms with E-state index < -0.39 is 6.10 Å². The Balaban J connectivity index is 4.62. The average molecular weight is 855 g/mol. The van der Waals surface area contributed by atoms with Crippen LogP contribution in [0.15, 0.2) is 134 Å². The topological polar surface area (TPSA) is 78.9 Å². The zero-order chi connectivity index (χ0) is 45.1. The molecule has 0 spiro atoms. The van der Waals surface area contributed by atoms with Gasteiger partial charge in [-0.25, -0.2) is 0 Å². The molecule has 0 bridgehead atoms. The standard InChI is InChI=1S/C56H86O6/c1-4-7-10-13-16-19-22-25-27-28-29-32-34-37-40-43-46-49-55(58)61-52-53(51-60-54(57)48-45-42-39-36-33-30-24-21-18-15-12-9-6-3)62-56(59)50-47-44-41-38-35-31-26-23-20-17-14-11-8-5-2/h7,9-10,12,14,16-19,21,23,25-27,29-30,32-33,37,39-40,42,53H,4-6,8,11,13,15,20,22,24,28,31,34-36,38,41,43-52H2,1-3H3/b10-7-,12-9-,17-14-,19-16-,21-18-,26-23-,27-25-,32-29-,33-30-,40-37-,42-39-. The van der Waals surface area contributed by atoms with Gasteiger partial charge in [0.1, 0.15) is 13.2 Å². The molecule has 0 saturated heterocycles. The third-order valence-corrected chi connectivity index (χ3v) is 9.38. The molecule has 6 nitrogen and oxygen atoms in total. The Morgan fingerprint density at radius 3 is 1.13 bits per heavy atom. The van der Waals surface area contributed by atoms with Crippen molar-refractivity contribution >= 4 is 17.9 Å². The number of rotatable bonds is 41. The summed E-state index contributed by atoms with van der Waals surface area (Å²) in [6, 6.07) is 0. The van der Waals surface area contributed by atoms with Gasteiger partial charge in [-0.2, -0.15) is 0 Å². The van der Waals surface area contributed by atoms with Gasteiger partial charge in [0.05, 0.1) is 0 Å². The summed E-state index contributed by atoms with van der Waals surface area (Å²) in [7, 11) is 0. The Labute approximate surface area is 379 Å². The molecule has 0 aromatic heterocycles. The number of allylic oxidation sites excluding steroid dienone is 22. The Morgan fingerprint density at radius 2 is 0.677 bits per heavy atom. The minimum atomic E-state index is -0.841. The number of ether oxygens (including phenoxy) is 3. The number of hydrogen-bond donors (Lipinski definition) is 0. The zero-order valence-electron chi connectivity index (χ0n) is 39.3. The van der Waals surface area contributed by atoms with E-state index in [1.165, 1.54) is 19.3 Å². The van der Waals surface area contributed by atoms with Crippen molar-refractivity contribution in [2.75, 3.05) is 13.2 Å². The minimum Gasteiger partial charge on any atom is -0.462 e. The summed E-state index contributed by atoms with van der Waals surface area (Å²) in [5.41, 5.74) is 0. The molecule has 346 valence electrons. The first-order valence-corrected chi connectivity index (χ1v) is 24.2. The Bertz CT molecular complexity index is 1400. The molecular formula is C56H86O6. The molecule has 0 aliphatic heterocycles. The molecule has 0 aliphatic carbocycles. The van der Waals surface area contributed by atoms with Crippen molar-refractivity contribution in [3.63, 3.8) is 0 Å². The van der Waals surface area contributed by atoms with Gasteiger partial charge in [0.15, 0.2) is 6.10 Å². The van der Waals surface area contributed by atoms with Gasteiger partial charge in [-0.05, 0) is 109 Å². The first-order valence-electron chi connectivity index (χ1n) is 24.2. The van der Waals surface area contributed by atoms with E-state index in [0.29, 0.717) is 12.8 Å². The normalized spacial score (nSPS) is 13.3. The molecule has 0 radical (unpaired) electrons. The monoisotopic (exact) mass is 855 g/mol. The predicted molar refractivity (Wildman–Crippen MR) is 265 cm³/mol. The lowest BCUT2D eigenvalue weighted by atomic mass is 10.1. The quantitative estimate of drug-likeness (QED) is 0.0264. The number of hydrogen-bond acceptors (Lipinski definition) is 6. The molecule has 0 aromatic carbocycles. The van der Waals surface area contributed by atoms with E-state index >= 15 is 0 Å².